The number of imide groups is 1. The number of urea groups is 1. The van der Waals surface area contributed by atoms with Crippen LogP contribution in [0.2, 0.25) is 0 Å². The lowest BCUT2D eigenvalue weighted by Crippen LogP contribution is -2.45. The molecule has 0 radical (unpaired) electrons. The molecule has 2 aromatic carbocycles. The topological polar surface area (TPSA) is 58.2 Å². The first-order valence-corrected chi connectivity index (χ1v) is 6.35. The highest BCUT2D eigenvalue weighted by Crippen LogP contribution is 2.40. The standard InChI is InChI=1S/C15H12N2O2/c18-13-15(17-14(19)16-13)8-7-10-4-1-3-9-5-2-6-11(15)12(9)10/h1-6H,7-8H2,(H2,16,17,18,19). The van der Waals surface area contributed by atoms with E-state index < -0.39 is 11.6 Å². The second-order valence-corrected chi connectivity index (χ2v) is 5.13. The molecule has 94 valence electrons. The first-order chi connectivity index (χ1) is 9.21. The SMILES string of the molecule is O=C1NC(=O)C2(CCc3cccc4cccc2c34)N1. The van der Waals surface area contributed by atoms with Crippen molar-refractivity contribution in [3.8, 4) is 0 Å². The van der Waals surface area contributed by atoms with Crippen LogP contribution in [0.5, 0.6) is 0 Å². The predicted octanol–water partition coefficient (Wildman–Crippen LogP) is 1.82. The van der Waals surface area contributed by atoms with Crippen LogP contribution in [0, 0.1) is 0 Å². The molecule has 4 nitrogen and oxygen atoms in total. The van der Waals surface area contributed by atoms with Gasteiger partial charge in [0.05, 0.1) is 0 Å². The third-order valence-electron chi connectivity index (χ3n) is 4.16. The molecule has 1 heterocycles. The molecular weight excluding hydrogens is 240 g/mol. The van der Waals surface area contributed by atoms with Crippen LogP contribution in [0.3, 0.4) is 0 Å². The van der Waals surface area contributed by atoms with Crippen molar-refractivity contribution in [2.45, 2.75) is 18.4 Å². The second-order valence-electron chi connectivity index (χ2n) is 5.13. The smallest absolute Gasteiger partial charge is 0.319 e. The summed E-state index contributed by atoms with van der Waals surface area (Å²) in [6.45, 7) is 0. The van der Waals surface area contributed by atoms with Crippen molar-refractivity contribution in [1.29, 1.82) is 0 Å². The average Bonchev–Trinajstić information content (AvgIpc) is 2.70. The number of nitrogens with one attached hydrogen (secondary N) is 2. The quantitative estimate of drug-likeness (QED) is 0.703. The van der Waals surface area contributed by atoms with Crippen LogP contribution in [0.1, 0.15) is 17.5 Å². The zero-order chi connectivity index (χ0) is 13.0. The highest BCUT2D eigenvalue weighted by atomic mass is 16.2. The van der Waals surface area contributed by atoms with Crippen molar-refractivity contribution in [2.75, 3.05) is 0 Å². The van der Waals surface area contributed by atoms with Gasteiger partial charge in [-0.15, -0.1) is 0 Å². The second kappa shape index (κ2) is 3.35. The molecular formula is C15H12N2O2. The molecule has 1 aliphatic heterocycles. The van der Waals surface area contributed by atoms with Gasteiger partial charge in [-0.1, -0.05) is 36.4 Å². The van der Waals surface area contributed by atoms with E-state index in [0.717, 1.165) is 22.8 Å². The fourth-order valence-electron chi connectivity index (χ4n) is 3.30. The Bertz CT molecular complexity index is 733. The van der Waals surface area contributed by atoms with E-state index in [0.29, 0.717) is 6.42 Å². The zero-order valence-corrected chi connectivity index (χ0v) is 10.2. The van der Waals surface area contributed by atoms with Gasteiger partial charge in [-0.25, -0.2) is 4.79 Å². The molecule has 19 heavy (non-hydrogen) atoms. The predicted molar refractivity (Wildman–Crippen MR) is 70.6 cm³/mol. The van der Waals surface area contributed by atoms with E-state index >= 15 is 0 Å². The third-order valence-corrected chi connectivity index (χ3v) is 4.16. The minimum atomic E-state index is -0.884. The Balaban J connectivity index is 2.08. The van der Waals surface area contributed by atoms with E-state index in [9.17, 15) is 9.59 Å². The number of carbonyl (C=O) groups excluding carboxylic acids is 2. The van der Waals surface area contributed by atoms with E-state index in [1.165, 1.54) is 5.56 Å². The highest BCUT2D eigenvalue weighted by molar-refractivity contribution is 6.10. The van der Waals surface area contributed by atoms with Crippen molar-refractivity contribution in [1.82, 2.24) is 10.6 Å². The number of fused-ring (bicyclic) bond motifs is 1. The largest absolute Gasteiger partial charge is 0.322 e. The summed E-state index contributed by atoms with van der Waals surface area (Å²) >= 11 is 0. The van der Waals surface area contributed by atoms with Crippen LogP contribution in [-0.2, 0) is 16.8 Å². The Hall–Kier alpha value is -2.36. The maximum atomic E-state index is 12.2. The summed E-state index contributed by atoms with van der Waals surface area (Å²) in [6.07, 6.45) is 1.41. The molecule has 1 unspecified atom stereocenters. The minimum Gasteiger partial charge on any atom is -0.319 e. The summed E-state index contributed by atoms with van der Waals surface area (Å²) in [5, 5.41) is 7.40. The number of benzene rings is 2. The molecule has 1 fully saturated rings. The van der Waals surface area contributed by atoms with Crippen LogP contribution in [0.4, 0.5) is 4.79 Å². The fraction of sp³-hybridized carbons (Fsp3) is 0.200. The summed E-state index contributed by atoms with van der Waals surface area (Å²) in [5.41, 5.74) is 1.27. The molecule has 2 aliphatic rings. The van der Waals surface area contributed by atoms with E-state index in [2.05, 4.69) is 16.7 Å². The fourth-order valence-corrected chi connectivity index (χ4v) is 3.30. The number of carbonyl (C=O) groups is 2. The maximum Gasteiger partial charge on any atom is 0.322 e. The first-order valence-electron chi connectivity index (χ1n) is 6.35. The van der Waals surface area contributed by atoms with E-state index in [1.54, 1.807) is 0 Å². The summed E-state index contributed by atoms with van der Waals surface area (Å²) in [7, 11) is 0. The van der Waals surface area contributed by atoms with Crippen molar-refractivity contribution < 1.29 is 9.59 Å². The molecule has 0 aromatic heterocycles. The number of hydrogen-bond donors (Lipinski definition) is 2. The van der Waals surface area contributed by atoms with Crippen LogP contribution >= 0.6 is 0 Å². The maximum absolute atomic E-state index is 12.2. The van der Waals surface area contributed by atoms with Gasteiger partial charge in [-0.2, -0.15) is 0 Å². The van der Waals surface area contributed by atoms with Gasteiger partial charge in [0.2, 0.25) is 0 Å². The Morgan fingerprint density at radius 1 is 1.05 bits per heavy atom. The lowest BCUT2D eigenvalue weighted by Gasteiger charge is -2.32. The molecule has 4 rings (SSSR count). The summed E-state index contributed by atoms with van der Waals surface area (Å²) in [4.78, 5) is 23.7. The Kier molecular flexibility index (Phi) is 1.86. The molecule has 3 amide bonds. The van der Waals surface area contributed by atoms with Crippen molar-refractivity contribution in [3.05, 3.63) is 47.5 Å². The normalized spacial score (nSPS) is 24.6. The molecule has 2 N–H and O–H groups in total. The zero-order valence-electron chi connectivity index (χ0n) is 10.2. The first kappa shape index (κ1) is 10.6. The molecule has 4 heteroatoms. The van der Waals surface area contributed by atoms with Gasteiger partial charge in [0.1, 0.15) is 5.54 Å². The Morgan fingerprint density at radius 3 is 2.58 bits per heavy atom. The number of aryl methyl sites for hydroxylation is 1. The molecule has 2 aromatic rings. The van der Waals surface area contributed by atoms with Crippen LogP contribution in [-0.4, -0.2) is 11.9 Å². The molecule has 0 bridgehead atoms. The molecule has 0 saturated carbocycles. The van der Waals surface area contributed by atoms with Crippen molar-refractivity contribution >= 4 is 22.7 Å². The summed E-state index contributed by atoms with van der Waals surface area (Å²) in [5.74, 6) is -0.237. The molecule has 1 aliphatic carbocycles. The van der Waals surface area contributed by atoms with Crippen LogP contribution in [0.15, 0.2) is 36.4 Å². The lowest BCUT2D eigenvalue weighted by molar-refractivity contribution is -0.124. The number of rotatable bonds is 0. The third kappa shape index (κ3) is 1.23. The van der Waals surface area contributed by atoms with Gasteiger partial charge >= 0.3 is 6.03 Å². The monoisotopic (exact) mass is 252 g/mol. The van der Waals surface area contributed by atoms with Crippen molar-refractivity contribution in [2.24, 2.45) is 0 Å². The number of amides is 3. The lowest BCUT2D eigenvalue weighted by atomic mass is 9.76. The highest BCUT2D eigenvalue weighted by Gasteiger charge is 2.49. The Morgan fingerprint density at radius 2 is 1.84 bits per heavy atom. The number of hydrogen-bond acceptors (Lipinski definition) is 2. The summed E-state index contributed by atoms with van der Waals surface area (Å²) in [6, 6.07) is 11.7. The Labute approximate surface area is 109 Å². The molecule has 1 saturated heterocycles. The van der Waals surface area contributed by atoms with Crippen LogP contribution in [0.25, 0.3) is 10.8 Å². The van der Waals surface area contributed by atoms with E-state index in [4.69, 9.17) is 0 Å². The minimum absolute atomic E-state index is 0.237. The molecule has 1 atom stereocenters. The van der Waals surface area contributed by atoms with Gasteiger partial charge in [0.15, 0.2) is 0 Å². The van der Waals surface area contributed by atoms with Gasteiger partial charge in [0, 0.05) is 0 Å². The van der Waals surface area contributed by atoms with Gasteiger partial charge in [-0.05, 0) is 34.7 Å². The average molecular weight is 252 g/mol. The van der Waals surface area contributed by atoms with Gasteiger partial charge in [0.25, 0.3) is 5.91 Å². The van der Waals surface area contributed by atoms with Crippen LogP contribution < -0.4 is 10.6 Å². The van der Waals surface area contributed by atoms with E-state index in [-0.39, 0.29) is 5.91 Å². The van der Waals surface area contributed by atoms with Crippen molar-refractivity contribution in [3.63, 3.8) is 0 Å². The van der Waals surface area contributed by atoms with Gasteiger partial charge < -0.3 is 5.32 Å². The summed E-state index contributed by atoms with van der Waals surface area (Å²) < 4.78 is 0. The van der Waals surface area contributed by atoms with Gasteiger partial charge in [-0.3, -0.25) is 10.1 Å². The van der Waals surface area contributed by atoms with E-state index in [1.807, 2.05) is 30.3 Å². The molecule has 1 spiro atoms.